The fourth-order valence-electron chi connectivity index (χ4n) is 1.60. The van der Waals surface area contributed by atoms with Gasteiger partial charge in [0, 0.05) is 17.6 Å². The van der Waals surface area contributed by atoms with E-state index in [1.165, 1.54) is 7.11 Å². The Bertz CT molecular complexity index is 543. The van der Waals surface area contributed by atoms with E-state index in [1.807, 2.05) is 0 Å². The van der Waals surface area contributed by atoms with Gasteiger partial charge in [0.05, 0.1) is 24.6 Å². The summed E-state index contributed by atoms with van der Waals surface area (Å²) in [6, 6.07) is 3.50. The monoisotopic (exact) mass is 257 g/mol. The SMILES string of the molecule is COc1cc(Cl)c(OC)c2c(Cl)nccc12. The molecule has 0 amide bonds. The van der Waals surface area contributed by atoms with E-state index in [1.54, 1.807) is 25.4 Å². The highest BCUT2D eigenvalue weighted by molar-refractivity contribution is 6.38. The van der Waals surface area contributed by atoms with Gasteiger partial charge in [0.2, 0.25) is 0 Å². The Morgan fingerprint density at radius 3 is 2.56 bits per heavy atom. The molecule has 0 bridgehead atoms. The number of nitrogens with zero attached hydrogens (tertiary/aromatic N) is 1. The van der Waals surface area contributed by atoms with Crippen LogP contribution in [0.1, 0.15) is 0 Å². The molecule has 0 radical (unpaired) electrons. The summed E-state index contributed by atoms with van der Waals surface area (Å²) in [5.41, 5.74) is 0. The van der Waals surface area contributed by atoms with Crippen LogP contribution >= 0.6 is 23.2 Å². The summed E-state index contributed by atoms with van der Waals surface area (Å²) in [5, 5.41) is 2.27. The van der Waals surface area contributed by atoms with Crippen molar-refractivity contribution in [2.45, 2.75) is 0 Å². The third kappa shape index (κ3) is 1.66. The minimum Gasteiger partial charge on any atom is -0.496 e. The van der Waals surface area contributed by atoms with Crippen molar-refractivity contribution in [2.75, 3.05) is 14.2 Å². The zero-order valence-electron chi connectivity index (χ0n) is 8.75. The molecule has 16 heavy (non-hydrogen) atoms. The molecule has 0 fully saturated rings. The quantitative estimate of drug-likeness (QED) is 0.772. The van der Waals surface area contributed by atoms with Crippen molar-refractivity contribution < 1.29 is 9.47 Å². The molecule has 2 aromatic rings. The number of rotatable bonds is 2. The average Bonchev–Trinajstić information content (AvgIpc) is 2.29. The second-order valence-corrected chi connectivity index (χ2v) is 3.88. The average molecular weight is 258 g/mol. The van der Waals surface area contributed by atoms with E-state index < -0.39 is 0 Å². The van der Waals surface area contributed by atoms with Crippen molar-refractivity contribution in [1.29, 1.82) is 0 Å². The summed E-state index contributed by atoms with van der Waals surface area (Å²) in [5.74, 6) is 1.15. The highest BCUT2D eigenvalue weighted by Gasteiger charge is 2.15. The van der Waals surface area contributed by atoms with Crippen molar-refractivity contribution in [3.63, 3.8) is 0 Å². The van der Waals surface area contributed by atoms with Crippen LogP contribution in [0.5, 0.6) is 11.5 Å². The van der Waals surface area contributed by atoms with E-state index in [-0.39, 0.29) is 0 Å². The zero-order valence-corrected chi connectivity index (χ0v) is 10.3. The molecule has 3 nitrogen and oxygen atoms in total. The van der Waals surface area contributed by atoms with Crippen LogP contribution in [0.15, 0.2) is 18.3 Å². The van der Waals surface area contributed by atoms with Crippen molar-refractivity contribution >= 4 is 34.0 Å². The summed E-state index contributed by atoms with van der Waals surface area (Å²) >= 11 is 12.1. The minimum absolute atomic E-state index is 0.343. The first-order valence-corrected chi connectivity index (χ1v) is 5.29. The van der Waals surface area contributed by atoms with Crippen molar-refractivity contribution in [3.8, 4) is 11.5 Å². The number of aromatic nitrogens is 1. The maximum Gasteiger partial charge on any atom is 0.148 e. The molecular formula is C11H9Cl2NO2. The number of methoxy groups -OCH3 is 2. The van der Waals surface area contributed by atoms with Gasteiger partial charge in [0.25, 0.3) is 0 Å². The van der Waals surface area contributed by atoms with Gasteiger partial charge in [0.15, 0.2) is 0 Å². The maximum absolute atomic E-state index is 6.07. The number of fused-ring (bicyclic) bond motifs is 1. The molecule has 0 N–H and O–H groups in total. The maximum atomic E-state index is 6.07. The lowest BCUT2D eigenvalue weighted by atomic mass is 10.1. The lowest BCUT2D eigenvalue weighted by Gasteiger charge is -2.12. The summed E-state index contributed by atoms with van der Waals surface area (Å²) < 4.78 is 10.5. The van der Waals surface area contributed by atoms with Gasteiger partial charge in [-0.25, -0.2) is 4.98 Å². The predicted octanol–water partition coefficient (Wildman–Crippen LogP) is 3.56. The summed E-state index contributed by atoms with van der Waals surface area (Å²) in [4.78, 5) is 4.00. The van der Waals surface area contributed by atoms with Gasteiger partial charge in [-0.15, -0.1) is 0 Å². The normalized spacial score (nSPS) is 10.5. The van der Waals surface area contributed by atoms with Gasteiger partial charge in [-0.1, -0.05) is 23.2 Å². The van der Waals surface area contributed by atoms with E-state index in [0.29, 0.717) is 27.1 Å². The Kier molecular flexibility index (Phi) is 3.08. The molecule has 5 heteroatoms. The molecule has 0 unspecified atom stereocenters. The smallest absolute Gasteiger partial charge is 0.148 e. The standard InChI is InChI=1S/C11H9Cl2NO2/c1-15-8-5-7(12)10(16-2)9-6(8)3-4-14-11(9)13/h3-5H,1-2H3. The lowest BCUT2D eigenvalue weighted by Crippen LogP contribution is -1.92. The Morgan fingerprint density at radius 2 is 1.94 bits per heavy atom. The summed E-state index contributed by atoms with van der Waals surface area (Å²) in [6.07, 6.45) is 1.61. The number of pyridine rings is 1. The van der Waals surface area contributed by atoms with Gasteiger partial charge >= 0.3 is 0 Å². The van der Waals surface area contributed by atoms with Gasteiger partial charge in [-0.05, 0) is 6.07 Å². The van der Waals surface area contributed by atoms with Crippen LogP contribution in [-0.4, -0.2) is 19.2 Å². The van der Waals surface area contributed by atoms with Crippen LogP contribution in [0.25, 0.3) is 10.8 Å². The number of hydrogen-bond acceptors (Lipinski definition) is 3. The van der Waals surface area contributed by atoms with E-state index in [9.17, 15) is 0 Å². The largest absolute Gasteiger partial charge is 0.496 e. The second kappa shape index (κ2) is 4.36. The summed E-state index contributed by atoms with van der Waals surface area (Å²) in [7, 11) is 3.11. The predicted molar refractivity (Wildman–Crippen MR) is 64.9 cm³/mol. The number of ether oxygens (including phenoxy) is 2. The molecule has 0 saturated carbocycles. The Morgan fingerprint density at radius 1 is 1.19 bits per heavy atom. The highest BCUT2D eigenvalue weighted by Crippen LogP contribution is 2.41. The van der Waals surface area contributed by atoms with Crippen LogP contribution in [0, 0.1) is 0 Å². The van der Waals surface area contributed by atoms with E-state index in [2.05, 4.69) is 4.98 Å². The van der Waals surface area contributed by atoms with Gasteiger partial charge in [-0.3, -0.25) is 0 Å². The van der Waals surface area contributed by atoms with Crippen molar-refractivity contribution in [2.24, 2.45) is 0 Å². The second-order valence-electron chi connectivity index (χ2n) is 3.12. The molecule has 0 aliphatic rings. The Labute approximate surface area is 103 Å². The van der Waals surface area contributed by atoms with Crippen molar-refractivity contribution in [3.05, 3.63) is 28.5 Å². The molecule has 0 saturated heterocycles. The fourth-order valence-corrected chi connectivity index (χ4v) is 2.12. The zero-order chi connectivity index (χ0) is 11.7. The molecule has 0 spiro atoms. The van der Waals surface area contributed by atoms with Crippen LogP contribution in [0.3, 0.4) is 0 Å². The van der Waals surface area contributed by atoms with Crippen LogP contribution in [-0.2, 0) is 0 Å². The highest BCUT2D eigenvalue weighted by atomic mass is 35.5. The van der Waals surface area contributed by atoms with Gasteiger partial charge in [-0.2, -0.15) is 0 Å². The Balaban J connectivity index is 2.94. The number of benzene rings is 1. The molecule has 1 heterocycles. The fraction of sp³-hybridized carbons (Fsp3) is 0.182. The lowest BCUT2D eigenvalue weighted by molar-refractivity contribution is 0.410. The molecule has 2 rings (SSSR count). The summed E-state index contributed by atoms with van der Waals surface area (Å²) in [6.45, 7) is 0. The van der Waals surface area contributed by atoms with Gasteiger partial charge < -0.3 is 9.47 Å². The molecule has 1 aromatic carbocycles. The first-order valence-electron chi connectivity index (χ1n) is 4.53. The van der Waals surface area contributed by atoms with Crippen LogP contribution < -0.4 is 9.47 Å². The van der Waals surface area contributed by atoms with E-state index >= 15 is 0 Å². The van der Waals surface area contributed by atoms with E-state index in [0.717, 1.165) is 5.39 Å². The third-order valence-corrected chi connectivity index (χ3v) is 2.86. The molecule has 1 aromatic heterocycles. The third-order valence-electron chi connectivity index (χ3n) is 2.30. The Hall–Kier alpha value is -1.19. The molecule has 0 aliphatic carbocycles. The van der Waals surface area contributed by atoms with E-state index in [4.69, 9.17) is 32.7 Å². The molecule has 0 aliphatic heterocycles. The van der Waals surface area contributed by atoms with Crippen LogP contribution in [0.2, 0.25) is 10.2 Å². The molecule has 0 atom stereocenters. The van der Waals surface area contributed by atoms with Crippen molar-refractivity contribution in [1.82, 2.24) is 4.98 Å². The topological polar surface area (TPSA) is 31.4 Å². The van der Waals surface area contributed by atoms with Crippen LogP contribution in [0.4, 0.5) is 0 Å². The number of halogens is 2. The minimum atomic E-state index is 0.343. The van der Waals surface area contributed by atoms with Gasteiger partial charge in [0.1, 0.15) is 16.7 Å². The first kappa shape index (κ1) is 11.3. The number of hydrogen-bond donors (Lipinski definition) is 0. The first-order chi connectivity index (χ1) is 7.69. The molecule has 84 valence electrons. The molecular weight excluding hydrogens is 249 g/mol.